The van der Waals surface area contributed by atoms with Gasteiger partial charge in [0.15, 0.2) is 0 Å². The number of carbonyl (C=O) groups excluding carboxylic acids is 1. The minimum atomic E-state index is 0.0161. The number of carbonyl (C=O) groups is 1. The van der Waals surface area contributed by atoms with Crippen LogP contribution in [0, 0.1) is 0 Å². The van der Waals surface area contributed by atoms with Crippen LogP contribution in [0.4, 0.5) is 0 Å². The maximum atomic E-state index is 12.1. The normalized spacial score (nSPS) is 31.7. The number of nitrogens with zero attached hydrogens (tertiary/aromatic N) is 2. The fourth-order valence-electron chi connectivity index (χ4n) is 4.81. The molecule has 4 rings (SSSR count). The summed E-state index contributed by atoms with van der Waals surface area (Å²) in [4.78, 5) is 16.7. The van der Waals surface area contributed by atoms with Crippen molar-refractivity contribution in [1.82, 2.24) is 9.80 Å². The van der Waals surface area contributed by atoms with Crippen LogP contribution >= 0.6 is 0 Å². The molecule has 23 heavy (non-hydrogen) atoms. The van der Waals surface area contributed by atoms with E-state index in [0.29, 0.717) is 0 Å². The van der Waals surface area contributed by atoms with Gasteiger partial charge in [-0.2, -0.15) is 0 Å². The van der Waals surface area contributed by atoms with Gasteiger partial charge in [0.1, 0.15) is 6.61 Å². The first-order valence-electron chi connectivity index (χ1n) is 9.52. The second-order valence-corrected chi connectivity index (χ2v) is 7.89. The van der Waals surface area contributed by atoms with Crippen LogP contribution in [0.3, 0.4) is 0 Å². The van der Waals surface area contributed by atoms with Crippen LogP contribution in [0.2, 0.25) is 0 Å². The van der Waals surface area contributed by atoms with E-state index in [0.717, 1.165) is 64.5 Å². The van der Waals surface area contributed by atoms with Crippen LogP contribution in [-0.4, -0.2) is 72.8 Å². The monoisotopic (exact) mass is 322 g/mol. The summed E-state index contributed by atoms with van der Waals surface area (Å²) in [5, 5.41) is 0. The zero-order valence-electron chi connectivity index (χ0n) is 14.2. The molecule has 3 heterocycles. The Hall–Kier alpha value is -0.650. The Morgan fingerprint density at radius 2 is 1.83 bits per heavy atom. The smallest absolute Gasteiger partial charge is 0.248 e. The van der Waals surface area contributed by atoms with Crippen molar-refractivity contribution in [3.8, 4) is 0 Å². The Morgan fingerprint density at radius 3 is 2.57 bits per heavy atom. The van der Waals surface area contributed by atoms with Gasteiger partial charge < -0.3 is 14.4 Å². The third kappa shape index (κ3) is 3.42. The highest BCUT2D eigenvalue weighted by Gasteiger charge is 2.49. The first kappa shape index (κ1) is 15.9. The molecule has 0 aromatic heterocycles. The fraction of sp³-hybridized carbons (Fsp3) is 0.944. The van der Waals surface area contributed by atoms with Gasteiger partial charge in [0.2, 0.25) is 5.91 Å². The highest BCUT2D eigenvalue weighted by atomic mass is 16.5. The number of rotatable bonds is 4. The summed E-state index contributed by atoms with van der Waals surface area (Å²) in [5.41, 5.74) is 0.0161. The fourth-order valence-corrected chi connectivity index (χ4v) is 4.81. The average molecular weight is 322 g/mol. The van der Waals surface area contributed by atoms with Gasteiger partial charge in [-0.15, -0.1) is 0 Å². The minimum absolute atomic E-state index is 0.0161. The van der Waals surface area contributed by atoms with Crippen molar-refractivity contribution in [1.29, 1.82) is 0 Å². The maximum absolute atomic E-state index is 12.1. The van der Waals surface area contributed by atoms with E-state index in [1.165, 1.54) is 25.7 Å². The lowest BCUT2D eigenvalue weighted by Crippen LogP contribution is -2.67. The lowest BCUT2D eigenvalue weighted by atomic mass is 9.83. The van der Waals surface area contributed by atoms with Gasteiger partial charge in [0.05, 0.1) is 11.7 Å². The van der Waals surface area contributed by atoms with Crippen LogP contribution < -0.4 is 0 Å². The molecular weight excluding hydrogens is 292 g/mol. The Kier molecular flexibility index (Phi) is 4.61. The molecular formula is C18H30N2O3. The predicted octanol–water partition coefficient (Wildman–Crippen LogP) is 1.80. The van der Waals surface area contributed by atoms with Crippen molar-refractivity contribution in [3.63, 3.8) is 0 Å². The first-order valence-corrected chi connectivity index (χ1v) is 9.52. The van der Waals surface area contributed by atoms with Gasteiger partial charge >= 0.3 is 0 Å². The SMILES string of the molecule is O=C(COC1CCOC2(C1)CN(C1CCCC1)C2)N1CCCC1. The van der Waals surface area contributed by atoms with E-state index >= 15 is 0 Å². The van der Waals surface area contributed by atoms with Crippen LogP contribution in [-0.2, 0) is 14.3 Å². The van der Waals surface area contributed by atoms with Gasteiger partial charge in [-0.1, -0.05) is 12.8 Å². The molecule has 4 fully saturated rings. The molecule has 0 bridgehead atoms. The summed E-state index contributed by atoms with van der Waals surface area (Å²) in [6.07, 6.45) is 9.87. The van der Waals surface area contributed by atoms with Crippen molar-refractivity contribution >= 4 is 5.91 Å². The minimum Gasteiger partial charge on any atom is -0.372 e. The summed E-state index contributed by atoms with van der Waals surface area (Å²) >= 11 is 0. The second kappa shape index (κ2) is 6.69. The molecule has 3 saturated heterocycles. The molecule has 5 heteroatoms. The Labute approximate surface area is 139 Å². The zero-order valence-corrected chi connectivity index (χ0v) is 14.2. The van der Waals surface area contributed by atoms with E-state index in [9.17, 15) is 4.79 Å². The zero-order chi connectivity index (χ0) is 15.7. The van der Waals surface area contributed by atoms with Crippen LogP contribution in [0.5, 0.6) is 0 Å². The van der Waals surface area contributed by atoms with E-state index in [-0.39, 0.29) is 24.2 Å². The molecule has 0 N–H and O–H groups in total. The molecule has 1 atom stereocenters. The molecule has 130 valence electrons. The summed E-state index contributed by atoms with van der Waals surface area (Å²) in [5.74, 6) is 0.171. The van der Waals surface area contributed by atoms with Crippen LogP contribution in [0.15, 0.2) is 0 Å². The van der Waals surface area contributed by atoms with Gasteiger partial charge in [-0.05, 0) is 32.1 Å². The van der Waals surface area contributed by atoms with Crippen molar-refractivity contribution in [3.05, 3.63) is 0 Å². The quantitative estimate of drug-likeness (QED) is 0.791. The molecule has 1 amide bonds. The van der Waals surface area contributed by atoms with E-state index in [2.05, 4.69) is 4.90 Å². The number of hydrogen-bond acceptors (Lipinski definition) is 4. The number of hydrogen-bond donors (Lipinski definition) is 0. The molecule has 1 saturated carbocycles. The summed E-state index contributed by atoms with van der Waals surface area (Å²) in [6, 6.07) is 0.794. The summed E-state index contributed by atoms with van der Waals surface area (Å²) < 4.78 is 12.1. The van der Waals surface area contributed by atoms with Crippen LogP contribution in [0.1, 0.15) is 51.4 Å². The Bertz CT molecular complexity index is 424. The molecule has 0 radical (unpaired) electrons. The van der Waals surface area contributed by atoms with Crippen LogP contribution in [0.25, 0.3) is 0 Å². The molecule has 1 unspecified atom stereocenters. The highest BCUT2D eigenvalue weighted by Crippen LogP contribution is 2.39. The Morgan fingerprint density at radius 1 is 1.09 bits per heavy atom. The standard InChI is InChI=1S/C18H30N2O3/c21-17(19-8-3-4-9-19)12-22-16-7-10-23-18(11-16)13-20(14-18)15-5-1-2-6-15/h15-16H,1-14H2. The second-order valence-electron chi connectivity index (χ2n) is 7.89. The molecule has 1 spiro atoms. The summed E-state index contributed by atoms with van der Waals surface area (Å²) in [6.45, 7) is 5.00. The van der Waals surface area contributed by atoms with Gasteiger partial charge in [-0.25, -0.2) is 0 Å². The number of likely N-dealkylation sites (tertiary alicyclic amines) is 2. The number of ether oxygens (including phenoxy) is 2. The largest absolute Gasteiger partial charge is 0.372 e. The lowest BCUT2D eigenvalue weighted by Gasteiger charge is -2.55. The molecule has 0 aromatic rings. The van der Waals surface area contributed by atoms with E-state index < -0.39 is 0 Å². The van der Waals surface area contributed by atoms with Crippen molar-refractivity contribution < 1.29 is 14.3 Å². The van der Waals surface area contributed by atoms with Gasteiger partial charge in [0, 0.05) is 45.2 Å². The maximum Gasteiger partial charge on any atom is 0.248 e. The topological polar surface area (TPSA) is 42.0 Å². The van der Waals surface area contributed by atoms with Crippen molar-refractivity contribution in [2.45, 2.75) is 69.1 Å². The Balaban J connectivity index is 1.22. The van der Waals surface area contributed by atoms with Crippen molar-refractivity contribution in [2.75, 3.05) is 39.4 Å². The first-order chi connectivity index (χ1) is 11.2. The highest BCUT2D eigenvalue weighted by molar-refractivity contribution is 5.77. The molecule has 0 aromatic carbocycles. The number of amides is 1. The van der Waals surface area contributed by atoms with E-state index in [1.54, 1.807) is 0 Å². The third-order valence-electron chi connectivity index (χ3n) is 6.17. The summed E-state index contributed by atoms with van der Waals surface area (Å²) in [7, 11) is 0. The molecule has 5 nitrogen and oxygen atoms in total. The molecule has 1 aliphatic carbocycles. The van der Waals surface area contributed by atoms with Gasteiger partial charge in [-0.3, -0.25) is 9.69 Å². The van der Waals surface area contributed by atoms with Gasteiger partial charge in [0.25, 0.3) is 0 Å². The molecule has 4 aliphatic rings. The predicted molar refractivity (Wildman–Crippen MR) is 87.3 cm³/mol. The van der Waals surface area contributed by atoms with E-state index in [4.69, 9.17) is 9.47 Å². The third-order valence-corrected chi connectivity index (χ3v) is 6.17. The average Bonchev–Trinajstić information content (AvgIpc) is 3.23. The van der Waals surface area contributed by atoms with Crippen molar-refractivity contribution in [2.24, 2.45) is 0 Å². The lowest BCUT2D eigenvalue weighted by molar-refractivity contribution is -0.205. The van der Waals surface area contributed by atoms with E-state index in [1.807, 2.05) is 4.90 Å². The molecule has 3 aliphatic heterocycles.